The van der Waals surface area contributed by atoms with Gasteiger partial charge in [-0.2, -0.15) is 5.01 Å². The summed E-state index contributed by atoms with van der Waals surface area (Å²) in [5.74, 6) is 0. The van der Waals surface area contributed by atoms with E-state index in [9.17, 15) is 20.1 Å². The van der Waals surface area contributed by atoms with Crippen molar-refractivity contribution in [2.24, 2.45) is 5.10 Å². The number of ether oxygens (including phenoxy) is 2. The number of amides is 1. The number of aromatic nitrogens is 3. The first-order valence-electron chi connectivity index (χ1n) is 11.0. The van der Waals surface area contributed by atoms with E-state index in [1.807, 2.05) is 0 Å². The molecule has 5 atom stereocenters. The van der Waals surface area contributed by atoms with Gasteiger partial charge >= 0.3 is 6.09 Å². The number of aromatic amines is 1. The molecule has 0 spiro atoms. The van der Waals surface area contributed by atoms with Gasteiger partial charge in [0, 0.05) is 18.3 Å². The van der Waals surface area contributed by atoms with Crippen molar-refractivity contribution >= 4 is 28.7 Å². The summed E-state index contributed by atoms with van der Waals surface area (Å²) in [6.07, 6.45) is -3.59. The third-order valence-corrected chi connectivity index (χ3v) is 5.77. The molecular weight excluding hydrogens is 478 g/mol. The van der Waals surface area contributed by atoms with Crippen molar-refractivity contribution in [1.82, 2.24) is 19.5 Å². The number of carbonyl (C=O) groups is 1. The lowest BCUT2D eigenvalue weighted by Gasteiger charge is -2.22. The van der Waals surface area contributed by atoms with Crippen molar-refractivity contribution in [3.8, 4) is 0 Å². The fraction of sp³-hybridized carbons (Fsp3) is 0.435. The van der Waals surface area contributed by atoms with Gasteiger partial charge in [0.1, 0.15) is 35.7 Å². The molecule has 1 amide bonds. The number of aliphatic hydroxyl groups excluding tert-OH is 3. The van der Waals surface area contributed by atoms with Gasteiger partial charge in [0.05, 0.1) is 11.7 Å². The lowest BCUT2D eigenvalue weighted by Crippen LogP contribution is -2.34. The maximum Gasteiger partial charge on any atom is 0.430 e. The third kappa shape index (κ3) is 5.19. The lowest BCUT2D eigenvalue weighted by atomic mass is 9.99. The molecule has 1 aliphatic heterocycles. The number of hydrogen-bond donors (Lipinski definition) is 4. The molecule has 1 aliphatic rings. The summed E-state index contributed by atoms with van der Waals surface area (Å²) < 4.78 is 12.8. The van der Waals surface area contributed by atoms with Crippen LogP contribution in [0.15, 0.2) is 48.0 Å². The zero-order chi connectivity index (χ0) is 25.5. The van der Waals surface area contributed by atoms with Crippen LogP contribution in [0.25, 0.3) is 11.0 Å². The van der Waals surface area contributed by atoms with Crippen LogP contribution in [0.3, 0.4) is 0 Å². The molecule has 11 nitrogen and oxygen atoms in total. The third-order valence-electron chi connectivity index (χ3n) is 5.52. The Bertz CT molecular complexity index is 1270. The van der Waals surface area contributed by atoms with E-state index >= 15 is 0 Å². The number of hydrogen-bond acceptors (Lipinski definition) is 8. The summed E-state index contributed by atoms with van der Waals surface area (Å²) in [7, 11) is 1.46. The molecule has 35 heavy (non-hydrogen) atoms. The predicted molar refractivity (Wildman–Crippen MR) is 126 cm³/mol. The molecule has 2 aromatic heterocycles. The van der Waals surface area contributed by atoms with E-state index in [0.717, 1.165) is 5.01 Å². The molecule has 1 saturated heterocycles. The molecule has 12 heteroatoms. The topological polar surface area (TPSA) is 145 Å². The van der Waals surface area contributed by atoms with Crippen molar-refractivity contribution < 1.29 is 29.6 Å². The second kappa shape index (κ2) is 9.59. The molecule has 0 bridgehead atoms. The van der Waals surface area contributed by atoms with Gasteiger partial charge in [0.25, 0.3) is 0 Å². The number of nitrogens with zero attached hydrogens (tertiary/aromatic N) is 4. The molecule has 0 saturated carbocycles. The zero-order valence-corrected chi connectivity index (χ0v) is 20.4. The van der Waals surface area contributed by atoms with Crippen LogP contribution >= 0.6 is 11.6 Å². The van der Waals surface area contributed by atoms with E-state index in [0.29, 0.717) is 21.6 Å². The number of rotatable bonds is 4. The number of carbonyl (C=O) groups excluding carboxylic acids is 1. The molecule has 0 radical (unpaired) electrons. The predicted octanol–water partition coefficient (Wildman–Crippen LogP) is 2.05. The highest BCUT2D eigenvalue weighted by molar-refractivity contribution is 6.30. The number of benzene rings is 1. The Labute approximate surface area is 206 Å². The Morgan fingerprint density at radius 2 is 1.94 bits per heavy atom. The van der Waals surface area contributed by atoms with E-state index in [1.165, 1.54) is 13.4 Å². The average Bonchev–Trinajstić information content (AvgIpc) is 3.34. The Morgan fingerprint density at radius 3 is 2.60 bits per heavy atom. The van der Waals surface area contributed by atoms with E-state index in [2.05, 4.69) is 15.1 Å². The van der Waals surface area contributed by atoms with Crippen LogP contribution in [0.1, 0.15) is 38.7 Å². The highest BCUT2D eigenvalue weighted by Crippen LogP contribution is 2.37. The van der Waals surface area contributed by atoms with Gasteiger partial charge in [-0.25, -0.2) is 9.78 Å². The number of halogens is 1. The Balaban J connectivity index is 1.62. The van der Waals surface area contributed by atoms with Gasteiger partial charge in [-0.15, -0.1) is 5.10 Å². The number of H-pyrrole nitrogens is 1. The quantitative estimate of drug-likeness (QED) is 0.397. The summed E-state index contributed by atoms with van der Waals surface area (Å²) in [6, 6.07) is 8.18. The number of nitrogens with one attached hydrogen (secondary N) is 1. The first-order chi connectivity index (χ1) is 16.5. The highest BCUT2D eigenvalue weighted by atomic mass is 35.5. The van der Waals surface area contributed by atoms with E-state index < -0.39 is 42.3 Å². The van der Waals surface area contributed by atoms with Crippen LogP contribution in [0, 0.1) is 0 Å². The number of aliphatic hydroxyl groups is 3. The second-order valence-electron chi connectivity index (χ2n) is 9.28. The smallest absolute Gasteiger partial charge is 0.430 e. The van der Waals surface area contributed by atoms with Crippen molar-refractivity contribution in [3.05, 3.63) is 58.9 Å². The van der Waals surface area contributed by atoms with Gasteiger partial charge in [-0.3, -0.25) is 0 Å². The Hall–Kier alpha value is -2.96. The summed E-state index contributed by atoms with van der Waals surface area (Å²) in [5.41, 5.74) is 0.526. The van der Waals surface area contributed by atoms with Gasteiger partial charge in [0.15, 0.2) is 11.7 Å². The van der Waals surface area contributed by atoms with E-state index in [1.54, 1.807) is 61.9 Å². The normalized spacial score (nSPS) is 24.1. The van der Waals surface area contributed by atoms with E-state index in [-0.39, 0.29) is 5.49 Å². The molecule has 1 aromatic carbocycles. The molecule has 188 valence electrons. The molecule has 0 aliphatic carbocycles. The SMILES string of the molecule is CN(/N=c1\nc[nH]c2c1ccn2[C@@H]1O[C@H]([C@H](O)c2ccc(Cl)cc2)[C@@H](O)[C@H]1O)C(=O)OC(C)(C)C. The molecule has 3 heterocycles. The Kier molecular flexibility index (Phi) is 6.89. The minimum absolute atomic E-state index is 0.233. The summed E-state index contributed by atoms with van der Waals surface area (Å²) >= 11 is 5.91. The van der Waals surface area contributed by atoms with Crippen LogP contribution in [-0.4, -0.2) is 71.9 Å². The van der Waals surface area contributed by atoms with Gasteiger partial charge in [-0.1, -0.05) is 23.7 Å². The van der Waals surface area contributed by atoms with Crippen molar-refractivity contribution in [2.75, 3.05) is 7.05 Å². The van der Waals surface area contributed by atoms with Gasteiger partial charge in [-0.05, 0) is 44.5 Å². The van der Waals surface area contributed by atoms with E-state index in [4.69, 9.17) is 21.1 Å². The summed E-state index contributed by atoms with van der Waals surface area (Å²) in [4.78, 5) is 19.5. The minimum atomic E-state index is -1.35. The molecule has 0 unspecified atom stereocenters. The van der Waals surface area contributed by atoms with Crippen LogP contribution in [0.2, 0.25) is 5.02 Å². The lowest BCUT2D eigenvalue weighted by molar-refractivity contribution is -0.0848. The Morgan fingerprint density at radius 1 is 1.26 bits per heavy atom. The minimum Gasteiger partial charge on any atom is -0.442 e. The standard InChI is InChI=1S/C23H28ClN5O6/c1-23(2,3)35-22(33)28(4)27-19-14-9-10-29(20(14)26-11-25-19)21-17(32)16(31)18(34-21)15(30)12-5-7-13(24)8-6-12/h5-11,15-18,21,30-32H,1-4H3,(H,25,26,27)/t15-,16+,17-,18-,21-/m1/s1. The van der Waals surface area contributed by atoms with Crippen molar-refractivity contribution in [2.45, 2.75) is 57.0 Å². The maximum absolute atomic E-state index is 12.3. The van der Waals surface area contributed by atoms with Gasteiger partial charge in [0.2, 0.25) is 0 Å². The molecule has 4 rings (SSSR count). The summed E-state index contributed by atoms with van der Waals surface area (Å²) in [6.45, 7) is 5.27. The number of fused-ring (bicyclic) bond motifs is 1. The first kappa shape index (κ1) is 25.1. The largest absolute Gasteiger partial charge is 0.442 e. The van der Waals surface area contributed by atoms with Crippen LogP contribution in [0.5, 0.6) is 0 Å². The highest BCUT2D eigenvalue weighted by Gasteiger charge is 2.47. The van der Waals surface area contributed by atoms with Crippen molar-refractivity contribution in [1.29, 1.82) is 0 Å². The monoisotopic (exact) mass is 505 g/mol. The van der Waals surface area contributed by atoms with Crippen molar-refractivity contribution in [3.63, 3.8) is 0 Å². The van der Waals surface area contributed by atoms with Crippen LogP contribution in [-0.2, 0) is 9.47 Å². The second-order valence-corrected chi connectivity index (χ2v) is 9.72. The molecule has 1 fully saturated rings. The first-order valence-corrected chi connectivity index (χ1v) is 11.3. The zero-order valence-electron chi connectivity index (χ0n) is 19.7. The van der Waals surface area contributed by atoms with Crippen LogP contribution < -0.4 is 5.49 Å². The summed E-state index contributed by atoms with van der Waals surface area (Å²) in [5, 5.41) is 38.5. The van der Waals surface area contributed by atoms with Gasteiger partial charge < -0.3 is 34.3 Å². The molecule has 3 aromatic rings. The fourth-order valence-electron chi connectivity index (χ4n) is 3.83. The maximum atomic E-state index is 12.3. The average molecular weight is 506 g/mol. The van der Waals surface area contributed by atoms with Crippen LogP contribution in [0.4, 0.5) is 4.79 Å². The molecular formula is C23H28ClN5O6. The molecule has 4 N–H and O–H groups in total. The fourth-order valence-corrected chi connectivity index (χ4v) is 3.96.